The fourth-order valence-electron chi connectivity index (χ4n) is 2.06. The number of sulfone groups is 1. The summed E-state index contributed by atoms with van der Waals surface area (Å²) in [6.07, 6.45) is 2.61. The molecule has 1 aromatic carbocycles. The average Bonchev–Trinajstić information content (AvgIpc) is 2.36. The molecule has 5 heteroatoms. The van der Waals surface area contributed by atoms with Crippen LogP contribution in [0.1, 0.15) is 52.0 Å². The predicted octanol–water partition coefficient (Wildman–Crippen LogP) is 3.71. The van der Waals surface area contributed by atoms with Gasteiger partial charge in [-0.15, -0.1) is 0 Å². The molecule has 0 amide bonds. The molecule has 0 unspecified atom stereocenters. The van der Waals surface area contributed by atoms with Gasteiger partial charge in [-0.2, -0.15) is 0 Å². The Morgan fingerprint density at radius 1 is 1.14 bits per heavy atom. The average molecular weight is 328 g/mol. The lowest BCUT2D eigenvalue weighted by molar-refractivity contribution is -0.118. The molecule has 0 fully saturated rings. The van der Waals surface area contributed by atoms with Crippen LogP contribution in [0.5, 0.6) is 0 Å². The van der Waals surface area contributed by atoms with Crippen LogP contribution in [0.25, 0.3) is 0 Å². The van der Waals surface area contributed by atoms with Gasteiger partial charge in [-0.05, 0) is 51.3 Å². The van der Waals surface area contributed by atoms with Crippen molar-refractivity contribution in [3.05, 3.63) is 35.6 Å². The molecule has 3 nitrogen and oxygen atoms in total. The Balaban J connectivity index is 2.26. The van der Waals surface area contributed by atoms with Crippen LogP contribution in [-0.4, -0.2) is 24.7 Å². The third kappa shape index (κ3) is 6.26. The molecule has 1 rings (SSSR count). The number of ketones is 1. The molecule has 0 atom stereocenters. The lowest BCUT2D eigenvalue weighted by atomic mass is 10.0. The van der Waals surface area contributed by atoms with Crippen molar-refractivity contribution < 1.29 is 17.6 Å². The number of Topliss-reactive ketones (excluding diaryl/α,β-unsaturated/α-hetero) is 1. The number of benzene rings is 1. The van der Waals surface area contributed by atoms with Gasteiger partial charge in [-0.3, -0.25) is 4.79 Å². The van der Waals surface area contributed by atoms with Gasteiger partial charge in [0.2, 0.25) is 0 Å². The lowest BCUT2D eigenvalue weighted by Crippen LogP contribution is -2.30. The molecule has 0 aliphatic heterocycles. The minimum Gasteiger partial charge on any atom is -0.299 e. The highest BCUT2D eigenvalue weighted by atomic mass is 32.2. The minimum atomic E-state index is -3.08. The maximum Gasteiger partial charge on any atom is 0.155 e. The maximum absolute atomic E-state index is 13.0. The molecule has 22 heavy (non-hydrogen) atoms. The summed E-state index contributed by atoms with van der Waals surface area (Å²) in [5.74, 6) is -0.115. The van der Waals surface area contributed by atoms with Crippen LogP contribution in [-0.2, 0) is 21.1 Å². The van der Waals surface area contributed by atoms with Crippen molar-refractivity contribution in [2.75, 3.05) is 5.75 Å². The fourth-order valence-corrected chi connectivity index (χ4v) is 3.26. The Kier molecular flexibility index (Phi) is 6.72. The van der Waals surface area contributed by atoms with Crippen molar-refractivity contribution >= 4 is 15.6 Å². The first-order valence-corrected chi connectivity index (χ1v) is 9.25. The van der Waals surface area contributed by atoms with Crippen molar-refractivity contribution in [3.8, 4) is 0 Å². The first-order chi connectivity index (χ1) is 10.1. The van der Waals surface area contributed by atoms with Crippen LogP contribution in [0.3, 0.4) is 0 Å². The summed E-state index contributed by atoms with van der Waals surface area (Å²) in [5, 5.41) is 0. The van der Waals surface area contributed by atoms with Gasteiger partial charge in [0, 0.05) is 12.8 Å². The summed E-state index contributed by atoms with van der Waals surface area (Å²) in [4.78, 5) is 11.8. The monoisotopic (exact) mass is 328 g/mol. The Labute approximate surface area is 132 Å². The summed E-state index contributed by atoms with van der Waals surface area (Å²) in [6.45, 7) is 5.10. The highest BCUT2D eigenvalue weighted by molar-refractivity contribution is 7.92. The molecule has 0 aliphatic carbocycles. The van der Waals surface area contributed by atoms with Crippen LogP contribution in [0, 0.1) is 5.82 Å². The van der Waals surface area contributed by atoms with Crippen LogP contribution in [0.2, 0.25) is 0 Å². The zero-order valence-corrected chi connectivity index (χ0v) is 14.4. The SMILES string of the molecule is CC(C)(C)S(=O)(=O)CCCCCC(=O)Cc1cccc(F)c1. The number of carbonyl (C=O) groups is 1. The number of unbranched alkanes of at least 4 members (excludes halogenated alkanes) is 2. The number of hydrogen-bond acceptors (Lipinski definition) is 3. The predicted molar refractivity (Wildman–Crippen MR) is 87.1 cm³/mol. The quantitative estimate of drug-likeness (QED) is 0.684. The molecule has 0 heterocycles. The molecule has 0 spiro atoms. The van der Waals surface area contributed by atoms with Crippen LogP contribution < -0.4 is 0 Å². The molecule has 0 saturated heterocycles. The van der Waals surface area contributed by atoms with Crippen molar-refractivity contribution in [1.29, 1.82) is 0 Å². The van der Waals surface area contributed by atoms with E-state index in [1.807, 2.05) is 0 Å². The summed E-state index contributed by atoms with van der Waals surface area (Å²) in [6, 6.07) is 6.05. The van der Waals surface area contributed by atoms with E-state index in [0.717, 1.165) is 0 Å². The lowest BCUT2D eigenvalue weighted by Gasteiger charge is -2.18. The van der Waals surface area contributed by atoms with Gasteiger partial charge in [0.25, 0.3) is 0 Å². The summed E-state index contributed by atoms with van der Waals surface area (Å²) in [7, 11) is -3.08. The van der Waals surface area contributed by atoms with Gasteiger partial charge >= 0.3 is 0 Å². The molecule has 1 aromatic rings. The summed E-state index contributed by atoms with van der Waals surface area (Å²) in [5.41, 5.74) is 0.681. The molecule has 0 aromatic heterocycles. The van der Waals surface area contributed by atoms with Crippen molar-refractivity contribution in [2.45, 2.75) is 57.6 Å². The number of carbonyl (C=O) groups excluding carboxylic acids is 1. The van der Waals surface area contributed by atoms with E-state index in [-0.39, 0.29) is 23.8 Å². The molecular weight excluding hydrogens is 303 g/mol. The third-order valence-corrected chi connectivity index (χ3v) is 6.28. The molecule has 124 valence electrons. The highest BCUT2D eigenvalue weighted by Crippen LogP contribution is 2.18. The number of hydrogen-bond donors (Lipinski definition) is 0. The van der Waals surface area contributed by atoms with E-state index in [4.69, 9.17) is 0 Å². The molecule has 0 N–H and O–H groups in total. The van der Waals surface area contributed by atoms with Gasteiger partial charge < -0.3 is 0 Å². The first kappa shape index (κ1) is 18.8. The largest absolute Gasteiger partial charge is 0.299 e. The second kappa shape index (κ2) is 7.86. The van der Waals surface area contributed by atoms with Crippen LogP contribution >= 0.6 is 0 Å². The molecule has 0 aliphatic rings. The molecule has 0 bridgehead atoms. The van der Waals surface area contributed by atoms with E-state index in [9.17, 15) is 17.6 Å². The third-order valence-electron chi connectivity index (χ3n) is 3.59. The van der Waals surface area contributed by atoms with Gasteiger partial charge in [-0.1, -0.05) is 18.6 Å². The van der Waals surface area contributed by atoms with E-state index >= 15 is 0 Å². The number of rotatable bonds is 8. The molecule has 0 saturated carbocycles. The Morgan fingerprint density at radius 2 is 1.82 bits per heavy atom. The smallest absolute Gasteiger partial charge is 0.155 e. The minimum absolute atomic E-state index is 0.0595. The van der Waals surface area contributed by atoms with Crippen molar-refractivity contribution in [2.24, 2.45) is 0 Å². The molecule has 0 radical (unpaired) electrons. The van der Waals surface area contributed by atoms with E-state index in [1.54, 1.807) is 32.9 Å². The van der Waals surface area contributed by atoms with E-state index in [0.29, 0.717) is 31.2 Å². The Bertz CT molecular complexity index is 601. The van der Waals surface area contributed by atoms with E-state index < -0.39 is 14.6 Å². The zero-order chi connectivity index (χ0) is 16.8. The highest BCUT2D eigenvalue weighted by Gasteiger charge is 2.27. The summed E-state index contributed by atoms with van der Waals surface area (Å²) >= 11 is 0. The van der Waals surface area contributed by atoms with Crippen LogP contribution in [0.4, 0.5) is 4.39 Å². The first-order valence-electron chi connectivity index (χ1n) is 7.60. The van der Waals surface area contributed by atoms with E-state index in [2.05, 4.69) is 0 Å². The Morgan fingerprint density at radius 3 is 2.41 bits per heavy atom. The van der Waals surface area contributed by atoms with Crippen molar-refractivity contribution in [1.82, 2.24) is 0 Å². The molecular formula is C17H25FO3S. The second-order valence-corrected chi connectivity index (χ2v) is 9.45. The van der Waals surface area contributed by atoms with Gasteiger partial charge in [0.15, 0.2) is 9.84 Å². The Hall–Kier alpha value is -1.23. The zero-order valence-electron chi connectivity index (χ0n) is 13.6. The van der Waals surface area contributed by atoms with Gasteiger partial charge in [0.05, 0.1) is 10.5 Å². The van der Waals surface area contributed by atoms with Gasteiger partial charge in [0.1, 0.15) is 11.6 Å². The standard InChI is InChI=1S/C17H25FO3S/c1-17(2,3)22(20,21)11-6-4-5-10-16(19)13-14-8-7-9-15(18)12-14/h7-9,12H,4-6,10-11,13H2,1-3H3. The van der Waals surface area contributed by atoms with Gasteiger partial charge in [-0.25, -0.2) is 12.8 Å². The maximum atomic E-state index is 13.0. The number of halogens is 1. The summed E-state index contributed by atoms with van der Waals surface area (Å²) < 4.78 is 36.1. The normalized spacial score (nSPS) is 12.4. The van der Waals surface area contributed by atoms with Crippen LogP contribution in [0.15, 0.2) is 24.3 Å². The second-order valence-electron chi connectivity index (χ2n) is 6.59. The topological polar surface area (TPSA) is 51.2 Å². The fraction of sp³-hybridized carbons (Fsp3) is 0.588. The van der Waals surface area contributed by atoms with E-state index in [1.165, 1.54) is 12.1 Å². The van der Waals surface area contributed by atoms with Crippen molar-refractivity contribution in [3.63, 3.8) is 0 Å².